The number of nitrogens with zero attached hydrogens (tertiary/aromatic N) is 2. The molecule has 0 radical (unpaired) electrons. The van der Waals surface area contributed by atoms with Gasteiger partial charge in [0.25, 0.3) is 5.91 Å². The van der Waals surface area contributed by atoms with Crippen molar-refractivity contribution in [1.29, 1.82) is 0 Å². The number of carbonyl (C=O) groups excluding carboxylic acids is 1. The fourth-order valence-electron chi connectivity index (χ4n) is 0.977. The molecule has 1 amide bonds. The third-order valence-electron chi connectivity index (χ3n) is 1.86. The minimum absolute atomic E-state index is 0.205. The summed E-state index contributed by atoms with van der Waals surface area (Å²) in [6, 6.07) is 3.00. The Hall–Kier alpha value is -1.50. The van der Waals surface area contributed by atoms with Crippen LogP contribution in [0.4, 0.5) is 5.82 Å². The number of hydrogen-bond donors (Lipinski definition) is 2. The second kappa shape index (κ2) is 6.16. The summed E-state index contributed by atoms with van der Waals surface area (Å²) in [5.41, 5.74) is 5.54. The maximum absolute atomic E-state index is 11.5. The number of carbonyl (C=O) groups is 1. The Kier molecular flexibility index (Phi) is 4.84. The zero-order valence-corrected chi connectivity index (χ0v) is 9.79. The number of aromatic nitrogens is 2. The van der Waals surface area contributed by atoms with Crippen molar-refractivity contribution in [2.45, 2.75) is 6.92 Å². The highest BCUT2D eigenvalue weighted by atomic mass is 32.2. The summed E-state index contributed by atoms with van der Waals surface area (Å²) in [5.74, 6) is 0.978. The number of hydrogen-bond acceptors (Lipinski definition) is 5. The lowest BCUT2D eigenvalue weighted by atomic mass is 10.3. The molecule has 0 saturated carbocycles. The summed E-state index contributed by atoms with van der Waals surface area (Å²) in [5, 5.41) is 9.81. The van der Waals surface area contributed by atoms with Crippen molar-refractivity contribution in [3.8, 4) is 0 Å². The van der Waals surface area contributed by atoms with Crippen LogP contribution in [0.1, 0.15) is 17.4 Å². The zero-order chi connectivity index (χ0) is 12.0. The average molecular weight is 242 g/mol. The number of nitrogens with two attached hydrogens (primary N) is 1. The maximum atomic E-state index is 11.5. The Labute approximate surface area is 96.1 Å². The van der Waals surface area contributed by atoms with Gasteiger partial charge in [-0.3, -0.25) is 9.00 Å². The highest BCUT2D eigenvalue weighted by Crippen LogP contribution is 1.96. The first-order valence-electron chi connectivity index (χ1n) is 4.86. The van der Waals surface area contributed by atoms with Gasteiger partial charge in [0.2, 0.25) is 0 Å². The van der Waals surface area contributed by atoms with E-state index in [0.717, 1.165) is 0 Å². The van der Waals surface area contributed by atoms with Gasteiger partial charge in [-0.25, -0.2) is 0 Å². The van der Waals surface area contributed by atoms with E-state index in [0.29, 0.717) is 18.1 Å². The quantitative estimate of drug-likeness (QED) is 0.729. The smallest absolute Gasteiger partial charge is 0.271 e. The minimum Gasteiger partial charge on any atom is -0.382 e. The first-order valence-corrected chi connectivity index (χ1v) is 6.34. The van der Waals surface area contributed by atoms with Crippen molar-refractivity contribution in [3.05, 3.63) is 17.8 Å². The van der Waals surface area contributed by atoms with Gasteiger partial charge in [0.1, 0.15) is 5.82 Å². The van der Waals surface area contributed by atoms with E-state index in [4.69, 9.17) is 5.73 Å². The second-order valence-corrected chi connectivity index (χ2v) is 4.90. The van der Waals surface area contributed by atoms with Crippen molar-refractivity contribution >= 4 is 22.5 Å². The molecule has 0 aliphatic carbocycles. The van der Waals surface area contributed by atoms with E-state index in [9.17, 15) is 9.00 Å². The molecule has 1 aromatic rings. The summed E-state index contributed by atoms with van der Waals surface area (Å²) in [4.78, 5) is 11.5. The second-order valence-electron chi connectivity index (χ2n) is 3.03. The van der Waals surface area contributed by atoms with E-state index in [-0.39, 0.29) is 17.4 Å². The summed E-state index contributed by atoms with van der Waals surface area (Å²) in [6.45, 7) is 2.20. The van der Waals surface area contributed by atoms with Gasteiger partial charge < -0.3 is 11.1 Å². The highest BCUT2D eigenvalue weighted by Gasteiger charge is 2.07. The first-order chi connectivity index (χ1) is 7.63. The van der Waals surface area contributed by atoms with Crippen LogP contribution in [0.15, 0.2) is 12.1 Å². The van der Waals surface area contributed by atoms with Crippen molar-refractivity contribution in [3.63, 3.8) is 0 Å². The molecule has 1 rings (SSSR count). The van der Waals surface area contributed by atoms with Gasteiger partial charge in [-0.15, -0.1) is 10.2 Å². The summed E-state index contributed by atoms with van der Waals surface area (Å²) >= 11 is 0. The van der Waals surface area contributed by atoms with Gasteiger partial charge in [-0.2, -0.15) is 0 Å². The molecule has 1 heterocycles. The molecule has 1 unspecified atom stereocenters. The average Bonchev–Trinajstić information content (AvgIpc) is 2.29. The molecule has 88 valence electrons. The van der Waals surface area contributed by atoms with Crippen molar-refractivity contribution in [2.75, 3.05) is 23.8 Å². The molecule has 1 atom stereocenters. The van der Waals surface area contributed by atoms with Crippen LogP contribution in [0.3, 0.4) is 0 Å². The largest absolute Gasteiger partial charge is 0.382 e. The topological polar surface area (TPSA) is 98.0 Å². The van der Waals surface area contributed by atoms with Gasteiger partial charge >= 0.3 is 0 Å². The number of amides is 1. The molecular formula is C9H14N4O2S. The summed E-state index contributed by atoms with van der Waals surface area (Å²) in [7, 11) is -0.874. The Bertz CT molecular complexity index is 380. The van der Waals surface area contributed by atoms with Crippen molar-refractivity contribution in [1.82, 2.24) is 15.5 Å². The maximum Gasteiger partial charge on any atom is 0.271 e. The third-order valence-corrected chi connectivity index (χ3v) is 3.16. The van der Waals surface area contributed by atoms with Gasteiger partial charge in [0.05, 0.1) is 0 Å². The van der Waals surface area contributed by atoms with Crippen LogP contribution in [0, 0.1) is 0 Å². The molecule has 0 aliphatic rings. The van der Waals surface area contributed by atoms with Crippen LogP contribution in [-0.4, -0.2) is 38.4 Å². The molecule has 6 nitrogen and oxygen atoms in total. The van der Waals surface area contributed by atoms with Crippen LogP contribution < -0.4 is 11.1 Å². The third kappa shape index (κ3) is 3.93. The lowest BCUT2D eigenvalue weighted by Crippen LogP contribution is -2.28. The van der Waals surface area contributed by atoms with E-state index >= 15 is 0 Å². The summed E-state index contributed by atoms with van der Waals surface area (Å²) in [6.07, 6.45) is 0. The number of nitrogens with one attached hydrogen (secondary N) is 1. The van der Waals surface area contributed by atoms with Crippen LogP contribution in [0.5, 0.6) is 0 Å². The molecule has 1 aromatic heterocycles. The van der Waals surface area contributed by atoms with Gasteiger partial charge in [-0.1, -0.05) is 6.92 Å². The lowest BCUT2D eigenvalue weighted by Gasteiger charge is -2.03. The summed E-state index contributed by atoms with van der Waals surface area (Å²) < 4.78 is 11.1. The highest BCUT2D eigenvalue weighted by molar-refractivity contribution is 7.84. The van der Waals surface area contributed by atoms with Gasteiger partial charge in [-0.05, 0) is 12.1 Å². The standard InChI is InChI=1S/C9H14N4O2S/c1-2-16(15)6-5-11-9(14)7-3-4-8(10)13-12-7/h3-4H,2,5-6H2,1H3,(H2,10,13)(H,11,14). The Morgan fingerprint density at radius 1 is 1.50 bits per heavy atom. The molecule has 16 heavy (non-hydrogen) atoms. The number of nitrogen functional groups attached to an aromatic ring is 1. The first kappa shape index (κ1) is 12.6. The molecule has 0 aliphatic heterocycles. The Morgan fingerprint density at radius 2 is 2.25 bits per heavy atom. The fraction of sp³-hybridized carbons (Fsp3) is 0.444. The van der Waals surface area contributed by atoms with E-state index < -0.39 is 10.8 Å². The molecule has 7 heteroatoms. The van der Waals surface area contributed by atoms with E-state index in [1.54, 1.807) is 0 Å². The van der Waals surface area contributed by atoms with Crippen molar-refractivity contribution < 1.29 is 9.00 Å². The molecule has 0 spiro atoms. The molecule has 0 fully saturated rings. The molecule has 3 N–H and O–H groups in total. The molecule has 0 aromatic carbocycles. The number of anilines is 1. The number of rotatable bonds is 5. The Morgan fingerprint density at radius 3 is 2.81 bits per heavy atom. The predicted molar refractivity (Wildman–Crippen MR) is 62.3 cm³/mol. The van der Waals surface area contributed by atoms with Gasteiger partial charge in [0, 0.05) is 28.9 Å². The fourth-order valence-corrected chi connectivity index (χ4v) is 1.60. The molecular weight excluding hydrogens is 228 g/mol. The van der Waals surface area contributed by atoms with Crippen molar-refractivity contribution in [2.24, 2.45) is 0 Å². The SMILES string of the molecule is CCS(=O)CCNC(=O)c1ccc(N)nn1. The van der Waals surface area contributed by atoms with E-state index in [1.807, 2.05) is 6.92 Å². The molecule has 0 bridgehead atoms. The van der Waals surface area contributed by atoms with E-state index in [2.05, 4.69) is 15.5 Å². The minimum atomic E-state index is -0.874. The zero-order valence-electron chi connectivity index (χ0n) is 8.97. The monoisotopic (exact) mass is 242 g/mol. The lowest BCUT2D eigenvalue weighted by molar-refractivity contribution is 0.0950. The predicted octanol–water partition coefficient (Wildman–Crippen LogP) is -0.443. The molecule has 0 saturated heterocycles. The van der Waals surface area contributed by atoms with E-state index in [1.165, 1.54) is 12.1 Å². The normalized spacial score (nSPS) is 12.1. The van der Waals surface area contributed by atoms with Crippen LogP contribution in [0.2, 0.25) is 0 Å². The van der Waals surface area contributed by atoms with Crippen LogP contribution in [0.25, 0.3) is 0 Å². The Balaban J connectivity index is 2.41. The van der Waals surface area contributed by atoms with Gasteiger partial charge in [0.15, 0.2) is 5.69 Å². The van der Waals surface area contributed by atoms with Crippen LogP contribution in [-0.2, 0) is 10.8 Å². The van der Waals surface area contributed by atoms with Crippen LogP contribution >= 0.6 is 0 Å².